The molecule has 2 nitrogen and oxygen atoms in total. The van der Waals surface area contributed by atoms with Gasteiger partial charge < -0.3 is 5.73 Å². The fourth-order valence-electron chi connectivity index (χ4n) is 1.83. The average molecular weight is 329 g/mol. The maximum absolute atomic E-state index is 13.2. The molecule has 0 aliphatic rings. The standard InChI is InChI=1S/C13H14BrFN2S/c1-2-3-11-12(18-13(16)17-11)7-8-6-9(15)4-5-10(8)14/h4-6H,2-3,7H2,1H3,(H2,16,17). The van der Waals surface area contributed by atoms with E-state index in [1.54, 1.807) is 12.1 Å². The van der Waals surface area contributed by atoms with Crippen LogP contribution in [0.5, 0.6) is 0 Å². The zero-order valence-corrected chi connectivity index (χ0v) is 12.4. The van der Waals surface area contributed by atoms with Gasteiger partial charge in [0.2, 0.25) is 0 Å². The minimum absolute atomic E-state index is 0.220. The first kappa shape index (κ1) is 13.5. The van der Waals surface area contributed by atoms with Crippen LogP contribution in [0.4, 0.5) is 9.52 Å². The predicted octanol–water partition coefficient (Wildman–Crippen LogP) is 4.17. The van der Waals surface area contributed by atoms with E-state index in [9.17, 15) is 4.39 Å². The third kappa shape index (κ3) is 3.09. The van der Waals surface area contributed by atoms with Crippen LogP contribution in [-0.4, -0.2) is 4.98 Å². The summed E-state index contributed by atoms with van der Waals surface area (Å²) in [6, 6.07) is 4.73. The van der Waals surface area contributed by atoms with E-state index in [0.29, 0.717) is 11.6 Å². The Morgan fingerprint density at radius 2 is 2.22 bits per heavy atom. The molecule has 96 valence electrons. The van der Waals surface area contributed by atoms with Crippen molar-refractivity contribution in [3.05, 3.63) is 44.6 Å². The highest BCUT2D eigenvalue weighted by Gasteiger charge is 2.11. The molecule has 2 aromatic rings. The van der Waals surface area contributed by atoms with Crippen LogP contribution < -0.4 is 5.73 Å². The Morgan fingerprint density at radius 3 is 2.94 bits per heavy atom. The van der Waals surface area contributed by atoms with Crippen LogP contribution in [0, 0.1) is 5.82 Å². The molecule has 0 atom stereocenters. The number of hydrogen-bond acceptors (Lipinski definition) is 3. The van der Waals surface area contributed by atoms with Crippen molar-refractivity contribution < 1.29 is 4.39 Å². The number of nitrogens with zero attached hydrogens (tertiary/aromatic N) is 1. The van der Waals surface area contributed by atoms with Crippen LogP contribution in [0.3, 0.4) is 0 Å². The van der Waals surface area contributed by atoms with E-state index in [4.69, 9.17) is 5.73 Å². The SMILES string of the molecule is CCCc1nc(N)sc1Cc1cc(F)ccc1Br. The van der Waals surface area contributed by atoms with Crippen LogP contribution in [0.25, 0.3) is 0 Å². The second-order valence-corrected chi connectivity index (χ2v) is 6.05. The van der Waals surface area contributed by atoms with Crippen molar-refractivity contribution >= 4 is 32.4 Å². The second kappa shape index (κ2) is 5.80. The Morgan fingerprint density at radius 1 is 1.44 bits per heavy atom. The molecule has 1 aromatic carbocycles. The van der Waals surface area contributed by atoms with Gasteiger partial charge in [0, 0.05) is 15.8 Å². The van der Waals surface area contributed by atoms with Crippen LogP contribution in [0.1, 0.15) is 29.5 Å². The molecule has 0 aliphatic heterocycles. The molecule has 2 rings (SSSR count). The Bertz CT molecular complexity index is 554. The van der Waals surface area contributed by atoms with Gasteiger partial charge in [-0.3, -0.25) is 0 Å². The van der Waals surface area contributed by atoms with Crippen molar-refractivity contribution in [1.82, 2.24) is 4.98 Å². The number of benzene rings is 1. The summed E-state index contributed by atoms with van der Waals surface area (Å²) < 4.78 is 14.2. The predicted molar refractivity (Wildman–Crippen MR) is 77.4 cm³/mol. The fraction of sp³-hybridized carbons (Fsp3) is 0.308. The largest absolute Gasteiger partial charge is 0.375 e. The van der Waals surface area contributed by atoms with Crippen LogP contribution >= 0.6 is 27.3 Å². The molecule has 0 spiro atoms. The topological polar surface area (TPSA) is 38.9 Å². The van der Waals surface area contributed by atoms with Crippen LogP contribution in [0.2, 0.25) is 0 Å². The molecule has 2 N–H and O–H groups in total. The summed E-state index contributed by atoms with van der Waals surface area (Å²) in [5, 5.41) is 0.584. The van der Waals surface area contributed by atoms with E-state index in [2.05, 4.69) is 27.8 Å². The first-order valence-corrected chi connectivity index (χ1v) is 7.39. The second-order valence-electron chi connectivity index (χ2n) is 4.08. The number of nitrogen functional groups attached to an aromatic ring is 1. The van der Waals surface area contributed by atoms with E-state index in [-0.39, 0.29) is 5.82 Å². The van der Waals surface area contributed by atoms with Gasteiger partial charge in [0.25, 0.3) is 0 Å². The number of anilines is 1. The zero-order valence-electron chi connectivity index (χ0n) is 10.0. The molecular formula is C13H14BrFN2S. The Hall–Kier alpha value is -0.940. The van der Waals surface area contributed by atoms with Gasteiger partial charge in [-0.05, 0) is 30.2 Å². The molecule has 1 aromatic heterocycles. The summed E-state index contributed by atoms with van der Waals surface area (Å²) in [5.74, 6) is -0.220. The quantitative estimate of drug-likeness (QED) is 0.914. The number of aromatic nitrogens is 1. The summed E-state index contributed by atoms with van der Waals surface area (Å²) in [6.45, 7) is 2.11. The number of aryl methyl sites for hydroxylation is 1. The molecule has 0 aliphatic carbocycles. The Labute approximate surface area is 118 Å². The molecule has 5 heteroatoms. The molecule has 0 fully saturated rings. The molecule has 0 amide bonds. The van der Waals surface area contributed by atoms with Gasteiger partial charge in [-0.25, -0.2) is 9.37 Å². The maximum atomic E-state index is 13.2. The number of thiazole rings is 1. The Kier molecular flexibility index (Phi) is 4.35. The van der Waals surface area contributed by atoms with Crippen LogP contribution in [0.15, 0.2) is 22.7 Å². The normalized spacial score (nSPS) is 10.8. The molecule has 0 bridgehead atoms. The van der Waals surface area contributed by atoms with E-state index in [0.717, 1.165) is 33.4 Å². The van der Waals surface area contributed by atoms with Crippen molar-refractivity contribution in [2.75, 3.05) is 5.73 Å². The summed E-state index contributed by atoms with van der Waals surface area (Å²) in [7, 11) is 0. The van der Waals surface area contributed by atoms with E-state index < -0.39 is 0 Å². The number of rotatable bonds is 4. The lowest BCUT2D eigenvalue weighted by molar-refractivity contribution is 0.625. The highest BCUT2D eigenvalue weighted by molar-refractivity contribution is 9.10. The Balaban J connectivity index is 2.30. The van der Waals surface area contributed by atoms with Gasteiger partial charge in [0.15, 0.2) is 5.13 Å². The van der Waals surface area contributed by atoms with Crippen molar-refractivity contribution in [1.29, 1.82) is 0 Å². The van der Waals surface area contributed by atoms with Crippen molar-refractivity contribution in [3.8, 4) is 0 Å². The van der Waals surface area contributed by atoms with E-state index in [1.807, 2.05) is 0 Å². The van der Waals surface area contributed by atoms with Gasteiger partial charge in [-0.2, -0.15) is 0 Å². The minimum atomic E-state index is -0.220. The summed E-state index contributed by atoms with van der Waals surface area (Å²) in [6.07, 6.45) is 2.61. The monoisotopic (exact) mass is 328 g/mol. The molecular weight excluding hydrogens is 315 g/mol. The molecule has 0 saturated carbocycles. The summed E-state index contributed by atoms with van der Waals surface area (Å²) in [4.78, 5) is 5.46. The van der Waals surface area contributed by atoms with Crippen molar-refractivity contribution in [3.63, 3.8) is 0 Å². The zero-order chi connectivity index (χ0) is 13.1. The van der Waals surface area contributed by atoms with Crippen molar-refractivity contribution in [2.45, 2.75) is 26.2 Å². The van der Waals surface area contributed by atoms with Gasteiger partial charge in [-0.1, -0.05) is 29.3 Å². The summed E-state index contributed by atoms with van der Waals surface area (Å²) in [5.41, 5.74) is 7.72. The first-order valence-electron chi connectivity index (χ1n) is 5.78. The lowest BCUT2D eigenvalue weighted by Crippen LogP contribution is -1.94. The number of hydrogen-bond donors (Lipinski definition) is 1. The number of halogens is 2. The first-order chi connectivity index (χ1) is 8.60. The molecule has 18 heavy (non-hydrogen) atoms. The number of nitrogens with two attached hydrogens (primary N) is 1. The highest BCUT2D eigenvalue weighted by atomic mass is 79.9. The van der Waals surface area contributed by atoms with Crippen molar-refractivity contribution in [2.24, 2.45) is 0 Å². The minimum Gasteiger partial charge on any atom is -0.375 e. The third-order valence-electron chi connectivity index (χ3n) is 2.64. The van der Waals surface area contributed by atoms with E-state index >= 15 is 0 Å². The van der Waals surface area contributed by atoms with Gasteiger partial charge in [0.05, 0.1) is 5.69 Å². The summed E-state index contributed by atoms with van der Waals surface area (Å²) >= 11 is 4.93. The van der Waals surface area contributed by atoms with Gasteiger partial charge >= 0.3 is 0 Å². The third-order valence-corrected chi connectivity index (χ3v) is 4.34. The average Bonchev–Trinajstić information content (AvgIpc) is 2.65. The molecule has 0 saturated heterocycles. The molecule has 1 heterocycles. The molecule has 0 unspecified atom stereocenters. The maximum Gasteiger partial charge on any atom is 0.180 e. The fourth-order valence-corrected chi connectivity index (χ4v) is 3.11. The lowest BCUT2D eigenvalue weighted by atomic mass is 10.1. The lowest BCUT2D eigenvalue weighted by Gasteiger charge is -2.04. The van der Waals surface area contributed by atoms with E-state index in [1.165, 1.54) is 17.4 Å². The molecule has 0 radical (unpaired) electrons. The van der Waals surface area contributed by atoms with Crippen LogP contribution in [-0.2, 0) is 12.8 Å². The van der Waals surface area contributed by atoms with Gasteiger partial charge in [0.1, 0.15) is 5.82 Å². The van der Waals surface area contributed by atoms with Gasteiger partial charge in [-0.15, -0.1) is 11.3 Å². The smallest absolute Gasteiger partial charge is 0.180 e. The highest BCUT2D eigenvalue weighted by Crippen LogP contribution is 2.28.